The maximum absolute atomic E-state index is 9.53. The summed E-state index contributed by atoms with van der Waals surface area (Å²) in [6.07, 6.45) is 1.75. The number of hydrogen-bond acceptors (Lipinski definition) is 11. The highest BCUT2D eigenvalue weighted by Gasteiger charge is 2.32. The molecule has 2 heterocycles. The van der Waals surface area contributed by atoms with Crippen LogP contribution in [0.15, 0.2) is 23.2 Å². The molecule has 12 heteroatoms. The van der Waals surface area contributed by atoms with E-state index in [9.17, 15) is 15.3 Å². The molecule has 0 radical (unpaired) electrons. The molecule has 1 aromatic heterocycles. The van der Waals surface area contributed by atoms with Crippen molar-refractivity contribution in [3.8, 4) is 18.0 Å². The molecule has 0 fully saturated rings. The topological polar surface area (TPSA) is 199 Å². The Morgan fingerprint density at radius 2 is 2.07 bits per heavy atom. The second-order valence-electron chi connectivity index (χ2n) is 5.78. The van der Waals surface area contributed by atoms with Crippen molar-refractivity contribution in [3.63, 3.8) is 0 Å². The highest BCUT2D eigenvalue weighted by atomic mass is 16.5. The van der Waals surface area contributed by atoms with Gasteiger partial charge in [-0.15, -0.1) is 0 Å². The van der Waals surface area contributed by atoms with E-state index in [4.69, 9.17) is 21.5 Å². The predicted molar refractivity (Wildman–Crippen MR) is 102 cm³/mol. The molecule has 1 aliphatic rings. The van der Waals surface area contributed by atoms with Crippen LogP contribution in [0.3, 0.4) is 0 Å². The van der Waals surface area contributed by atoms with Gasteiger partial charge in [-0.1, -0.05) is 12.1 Å². The second-order valence-corrected chi connectivity index (χ2v) is 5.78. The van der Waals surface area contributed by atoms with Crippen molar-refractivity contribution in [2.75, 3.05) is 23.9 Å². The highest BCUT2D eigenvalue weighted by Crippen LogP contribution is 2.42. The van der Waals surface area contributed by atoms with Crippen molar-refractivity contribution < 1.29 is 14.8 Å². The van der Waals surface area contributed by atoms with Crippen molar-refractivity contribution in [1.82, 2.24) is 10.3 Å². The van der Waals surface area contributed by atoms with Gasteiger partial charge in [-0.25, -0.2) is 9.98 Å². The van der Waals surface area contributed by atoms with E-state index in [1.807, 2.05) is 6.07 Å². The molecule has 0 spiro atoms. The molecule has 1 aromatic carbocycles. The number of methoxy groups -OCH3 is 1. The predicted octanol–water partition coefficient (Wildman–Crippen LogP) is -1.25. The molecule has 0 amide bonds. The summed E-state index contributed by atoms with van der Waals surface area (Å²) in [5, 5.41) is 42.6. The van der Waals surface area contributed by atoms with Gasteiger partial charge in [0.2, 0.25) is 5.96 Å². The fourth-order valence-corrected chi connectivity index (χ4v) is 2.93. The molecule has 140 valence electrons. The summed E-state index contributed by atoms with van der Waals surface area (Å²) in [7, 11) is -0.276. The van der Waals surface area contributed by atoms with Crippen LogP contribution in [0.2, 0.25) is 0 Å². The SMILES string of the molecule is COc1ccc(B(O)O)cc1C1N=C(NC#N)Nc2nc(N)c(C#N)c(N)c21. The van der Waals surface area contributed by atoms with Gasteiger partial charge < -0.3 is 31.6 Å². The molecule has 2 aromatic rings. The van der Waals surface area contributed by atoms with Gasteiger partial charge in [0.1, 0.15) is 35.1 Å². The summed E-state index contributed by atoms with van der Waals surface area (Å²) in [5.41, 5.74) is 13.0. The molecule has 0 aliphatic carbocycles. The minimum atomic E-state index is -1.72. The molecule has 3 rings (SSSR count). The van der Waals surface area contributed by atoms with Gasteiger partial charge in [-0.2, -0.15) is 10.5 Å². The first-order valence-electron chi connectivity index (χ1n) is 7.94. The lowest BCUT2D eigenvalue weighted by Crippen LogP contribution is -2.34. The average molecular weight is 378 g/mol. The molecule has 1 atom stereocenters. The van der Waals surface area contributed by atoms with E-state index in [1.165, 1.54) is 19.2 Å². The third kappa shape index (κ3) is 3.10. The number of fused-ring (bicyclic) bond motifs is 1. The van der Waals surface area contributed by atoms with Crippen molar-refractivity contribution in [3.05, 3.63) is 34.9 Å². The number of pyridine rings is 1. The largest absolute Gasteiger partial charge is 0.496 e. The fraction of sp³-hybridized carbons (Fsp3) is 0.125. The number of aliphatic imine (C=N–C) groups is 1. The number of anilines is 3. The lowest BCUT2D eigenvalue weighted by atomic mass is 9.78. The number of hydrogen-bond donors (Lipinski definition) is 6. The lowest BCUT2D eigenvalue weighted by molar-refractivity contribution is 0.407. The van der Waals surface area contributed by atoms with Crippen molar-refractivity contribution in [2.45, 2.75) is 6.04 Å². The molecular weight excluding hydrogens is 363 g/mol. The Hall–Kier alpha value is -4.00. The van der Waals surface area contributed by atoms with Gasteiger partial charge in [-0.3, -0.25) is 5.32 Å². The molecule has 1 unspecified atom stereocenters. The second kappa shape index (κ2) is 7.32. The zero-order valence-corrected chi connectivity index (χ0v) is 14.6. The molecule has 0 saturated carbocycles. The number of aromatic nitrogens is 1. The Morgan fingerprint density at radius 1 is 1.32 bits per heavy atom. The van der Waals surface area contributed by atoms with Crippen LogP contribution in [-0.4, -0.2) is 35.2 Å². The lowest BCUT2D eigenvalue weighted by Gasteiger charge is -2.27. The van der Waals surface area contributed by atoms with E-state index < -0.39 is 13.2 Å². The van der Waals surface area contributed by atoms with E-state index in [1.54, 1.807) is 12.3 Å². The first-order chi connectivity index (χ1) is 13.4. The van der Waals surface area contributed by atoms with E-state index in [0.717, 1.165) is 0 Å². The van der Waals surface area contributed by atoms with E-state index in [-0.39, 0.29) is 34.3 Å². The Bertz CT molecular complexity index is 1060. The standard InChI is InChI=1S/C16H15BN8O3/c1-28-10-3-2-7(17(26)27)4-8(10)13-11-12(20)9(5-18)14(21)24-15(11)25-16(23-13)22-6-19/h2-4,13,26-27H,1H3,(H6,20,21,22,23,24,25). The monoisotopic (exact) mass is 378 g/mol. The van der Waals surface area contributed by atoms with Crippen LogP contribution in [0.25, 0.3) is 0 Å². The fourth-order valence-electron chi connectivity index (χ4n) is 2.93. The van der Waals surface area contributed by atoms with Crippen LogP contribution in [-0.2, 0) is 0 Å². The van der Waals surface area contributed by atoms with Crippen molar-refractivity contribution in [1.29, 1.82) is 10.5 Å². The Labute approximate surface area is 160 Å². The van der Waals surface area contributed by atoms with Crippen molar-refractivity contribution >= 4 is 35.9 Å². The third-order valence-electron chi connectivity index (χ3n) is 4.20. The van der Waals surface area contributed by atoms with E-state index >= 15 is 0 Å². The minimum absolute atomic E-state index is 0.00485. The molecule has 28 heavy (non-hydrogen) atoms. The third-order valence-corrected chi connectivity index (χ3v) is 4.20. The zero-order valence-electron chi connectivity index (χ0n) is 14.6. The van der Waals surface area contributed by atoms with Crippen LogP contribution < -0.4 is 32.3 Å². The van der Waals surface area contributed by atoms with Gasteiger partial charge in [0.15, 0.2) is 6.19 Å². The van der Waals surface area contributed by atoms with Crippen molar-refractivity contribution in [2.24, 2.45) is 4.99 Å². The maximum Gasteiger partial charge on any atom is 0.488 e. The van der Waals surface area contributed by atoms with E-state index in [2.05, 4.69) is 20.6 Å². The van der Waals surface area contributed by atoms with E-state index in [0.29, 0.717) is 16.9 Å². The summed E-state index contributed by atoms with van der Waals surface area (Å²) in [6.45, 7) is 0. The number of benzene rings is 1. The van der Waals surface area contributed by atoms with Gasteiger partial charge in [0.05, 0.1) is 12.8 Å². The Morgan fingerprint density at radius 3 is 2.68 bits per heavy atom. The molecular formula is C16H15BN8O3. The first-order valence-corrected chi connectivity index (χ1v) is 7.94. The normalized spacial score (nSPS) is 14.6. The molecule has 8 N–H and O–H groups in total. The number of ether oxygens (including phenoxy) is 1. The number of rotatable bonds is 3. The van der Waals surface area contributed by atoms with Crippen LogP contribution in [0, 0.1) is 22.8 Å². The highest BCUT2D eigenvalue weighted by molar-refractivity contribution is 6.58. The molecule has 1 aliphatic heterocycles. The average Bonchev–Trinajstić information content (AvgIpc) is 2.67. The maximum atomic E-state index is 9.53. The summed E-state index contributed by atoms with van der Waals surface area (Å²) in [6, 6.07) is 5.57. The summed E-state index contributed by atoms with van der Waals surface area (Å²) in [5.74, 6) is 0.600. The molecule has 0 saturated heterocycles. The number of nitrogens with zero attached hydrogens (tertiary/aromatic N) is 4. The number of guanidine groups is 1. The number of nitrogen functional groups attached to an aromatic ring is 2. The Kier molecular flexibility index (Phi) is 4.91. The smallest absolute Gasteiger partial charge is 0.488 e. The van der Waals surface area contributed by atoms with Crippen LogP contribution in [0.4, 0.5) is 17.3 Å². The van der Waals surface area contributed by atoms with Crippen LogP contribution in [0.5, 0.6) is 5.75 Å². The molecule has 0 bridgehead atoms. The van der Waals surface area contributed by atoms with Gasteiger partial charge in [-0.05, 0) is 11.5 Å². The summed E-state index contributed by atoms with van der Waals surface area (Å²) in [4.78, 5) is 8.58. The number of nitrogens with one attached hydrogen (secondary N) is 2. The molecule has 11 nitrogen and oxygen atoms in total. The van der Waals surface area contributed by atoms with Crippen LogP contribution >= 0.6 is 0 Å². The first kappa shape index (κ1) is 18.8. The minimum Gasteiger partial charge on any atom is -0.496 e. The number of nitrogens with two attached hydrogens (primary N) is 2. The Balaban J connectivity index is 2.31. The van der Waals surface area contributed by atoms with Gasteiger partial charge >= 0.3 is 7.12 Å². The zero-order chi connectivity index (χ0) is 20.4. The number of nitriles is 2. The summed E-state index contributed by atoms with van der Waals surface area (Å²) < 4.78 is 5.37. The summed E-state index contributed by atoms with van der Waals surface area (Å²) >= 11 is 0. The van der Waals surface area contributed by atoms with Crippen LogP contribution in [0.1, 0.15) is 22.7 Å². The quantitative estimate of drug-likeness (QED) is 0.213. The van der Waals surface area contributed by atoms with Gasteiger partial charge in [0, 0.05) is 11.1 Å². The van der Waals surface area contributed by atoms with Gasteiger partial charge in [0.25, 0.3) is 0 Å².